The molecule has 23 heavy (non-hydrogen) atoms. The quantitative estimate of drug-likeness (QED) is 0.563. The zero-order valence-corrected chi connectivity index (χ0v) is 14.5. The van der Waals surface area contributed by atoms with Crippen molar-refractivity contribution in [2.45, 2.75) is 0 Å². The van der Waals surface area contributed by atoms with E-state index in [4.69, 9.17) is 27.9 Å². The zero-order valence-electron chi connectivity index (χ0n) is 11.4. The highest BCUT2D eigenvalue weighted by Crippen LogP contribution is 2.31. The monoisotopic (exact) mass is 418 g/mol. The van der Waals surface area contributed by atoms with Gasteiger partial charge in [0.05, 0.1) is 15.6 Å². The Morgan fingerprint density at radius 3 is 2.70 bits per heavy atom. The van der Waals surface area contributed by atoms with Crippen molar-refractivity contribution in [3.63, 3.8) is 0 Å². The van der Waals surface area contributed by atoms with Crippen LogP contribution in [0, 0.1) is 10.1 Å². The molecule has 6 nitrogen and oxygen atoms in total. The van der Waals surface area contributed by atoms with Crippen molar-refractivity contribution in [3.8, 4) is 5.75 Å². The minimum atomic E-state index is -0.527. The summed E-state index contributed by atoms with van der Waals surface area (Å²) in [6.07, 6.45) is 0. The molecule has 0 saturated carbocycles. The lowest BCUT2D eigenvalue weighted by molar-refractivity contribution is -0.384. The van der Waals surface area contributed by atoms with Crippen molar-refractivity contribution in [1.82, 2.24) is 0 Å². The van der Waals surface area contributed by atoms with E-state index in [0.717, 1.165) is 0 Å². The van der Waals surface area contributed by atoms with Gasteiger partial charge in [-0.1, -0.05) is 29.3 Å². The van der Waals surface area contributed by atoms with Crippen molar-refractivity contribution >= 4 is 56.4 Å². The topological polar surface area (TPSA) is 81.5 Å². The summed E-state index contributed by atoms with van der Waals surface area (Å²) in [5, 5.41) is 13.8. The molecule has 0 aliphatic carbocycles. The molecule has 2 rings (SSSR count). The lowest BCUT2D eigenvalue weighted by Crippen LogP contribution is -2.20. The highest BCUT2D eigenvalue weighted by Gasteiger charge is 2.12. The molecule has 2 aromatic carbocycles. The molecule has 2 aromatic rings. The van der Waals surface area contributed by atoms with Crippen LogP contribution >= 0.6 is 39.1 Å². The van der Waals surface area contributed by atoms with E-state index in [1.807, 2.05) is 0 Å². The van der Waals surface area contributed by atoms with Crippen LogP contribution in [0.2, 0.25) is 10.0 Å². The third-order valence-corrected chi connectivity index (χ3v) is 4.17. The van der Waals surface area contributed by atoms with Gasteiger partial charge in [0.2, 0.25) is 0 Å². The molecule has 9 heteroatoms. The fourth-order valence-electron chi connectivity index (χ4n) is 1.64. The number of nitrogens with zero attached hydrogens (tertiary/aromatic N) is 1. The smallest absolute Gasteiger partial charge is 0.270 e. The molecular weight excluding hydrogens is 411 g/mol. The SMILES string of the molecule is O=C(COc1cccc(Cl)c1Cl)Nc1ccc([N+](=O)[O-])cc1Br. The van der Waals surface area contributed by atoms with E-state index in [1.165, 1.54) is 18.2 Å². The number of carbonyl (C=O) groups is 1. The van der Waals surface area contributed by atoms with Crippen LogP contribution in [-0.2, 0) is 4.79 Å². The van der Waals surface area contributed by atoms with Crippen molar-refractivity contribution in [2.24, 2.45) is 0 Å². The van der Waals surface area contributed by atoms with Crippen LogP contribution in [0.15, 0.2) is 40.9 Å². The molecule has 0 heterocycles. The normalized spacial score (nSPS) is 10.2. The standard InChI is InChI=1S/C14H9BrCl2N2O4/c15-9-6-8(19(21)22)4-5-11(9)18-13(20)7-23-12-3-1-2-10(16)14(12)17/h1-6H,7H2,(H,18,20). The van der Waals surface area contributed by atoms with E-state index in [-0.39, 0.29) is 23.1 Å². The number of anilines is 1. The molecule has 0 spiro atoms. The summed E-state index contributed by atoms with van der Waals surface area (Å²) < 4.78 is 5.69. The van der Waals surface area contributed by atoms with Crippen LogP contribution < -0.4 is 10.1 Å². The van der Waals surface area contributed by atoms with E-state index in [9.17, 15) is 14.9 Å². The number of carbonyl (C=O) groups excluding carboxylic acids is 1. The number of halogens is 3. The third kappa shape index (κ3) is 4.57. The van der Waals surface area contributed by atoms with Gasteiger partial charge in [-0.15, -0.1) is 0 Å². The van der Waals surface area contributed by atoms with Crippen molar-refractivity contribution in [2.75, 3.05) is 11.9 Å². The summed E-state index contributed by atoms with van der Waals surface area (Å²) >= 11 is 15.0. The lowest BCUT2D eigenvalue weighted by atomic mass is 10.3. The maximum atomic E-state index is 11.9. The Hall–Kier alpha value is -1.83. The average molecular weight is 420 g/mol. The van der Waals surface area contributed by atoms with Gasteiger partial charge in [0, 0.05) is 16.6 Å². The molecule has 1 N–H and O–H groups in total. The first-order valence-electron chi connectivity index (χ1n) is 6.19. The minimum Gasteiger partial charge on any atom is -0.482 e. The van der Waals surface area contributed by atoms with Crippen LogP contribution in [-0.4, -0.2) is 17.4 Å². The highest BCUT2D eigenvalue weighted by molar-refractivity contribution is 9.10. The molecule has 0 aliphatic rings. The average Bonchev–Trinajstić information content (AvgIpc) is 2.50. The van der Waals surface area contributed by atoms with E-state index < -0.39 is 10.8 Å². The molecule has 0 aliphatic heterocycles. The van der Waals surface area contributed by atoms with Crippen LogP contribution in [0.25, 0.3) is 0 Å². The zero-order chi connectivity index (χ0) is 17.0. The number of amides is 1. The Kier molecular flexibility index (Phi) is 5.81. The number of nitrogens with one attached hydrogen (secondary N) is 1. The summed E-state index contributed by atoms with van der Waals surface area (Å²) in [4.78, 5) is 22.0. The van der Waals surface area contributed by atoms with E-state index in [0.29, 0.717) is 15.2 Å². The van der Waals surface area contributed by atoms with Gasteiger partial charge in [0.25, 0.3) is 11.6 Å². The molecule has 0 unspecified atom stereocenters. The lowest BCUT2D eigenvalue weighted by Gasteiger charge is -2.10. The molecule has 0 saturated heterocycles. The van der Waals surface area contributed by atoms with Gasteiger partial charge >= 0.3 is 0 Å². The Morgan fingerprint density at radius 2 is 2.04 bits per heavy atom. The Labute approximate surface area is 149 Å². The second kappa shape index (κ2) is 7.63. The summed E-state index contributed by atoms with van der Waals surface area (Å²) in [6, 6.07) is 8.84. The molecule has 0 fully saturated rings. The number of ether oxygens (including phenoxy) is 1. The van der Waals surface area contributed by atoms with Gasteiger partial charge in [0.15, 0.2) is 6.61 Å². The Morgan fingerprint density at radius 1 is 1.30 bits per heavy atom. The van der Waals surface area contributed by atoms with Crippen molar-refractivity contribution < 1.29 is 14.5 Å². The fraction of sp³-hybridized carbons (Fsp3) is 0.0714. The van der Waals surface area contributed by atoms with Crippen LogP contribution in [0.1, 0.15) is 0 Å². The van der Waals surface area contributed by atoms with Gasteiger partial charge < -0.3 is 10.1 Å². The van der Waals surface area contributed by atoms with E-state index >= 15 is 0 Å². The third-order valence-electron chi connectivity index (χ3n) is 2.71. The van der Waals surface area contributed by atoms with Gasteiger partial charge in [-0.25, -0.2) is 0 Å². The highest BCUT2D eigenvalue weighted by atomic mass is 79.9. The maximum Gasteiger partial charge on any atom is 0.270 e. The fourth-order valence-corrected chi connectivity index (χ4v) is 2.46. The Bertz CT molecular complexity index is 770. The molecule has 0 aromatic heterocycles. The van der Waals surface area contributed by atoms with E-state index in [1.54, 1.807) is 18.2 Å². The predicted octanol–water partition coefficient (Wildman–Crippen LogP) is 4.68. The first-order chi connectivity index (χ1) is 10.9. The van der Waals surface area contributed by atoms with Gasteiger partial charge in [-0.3, -0.25) is 14.9 Å². The van der Waals surface area contributed by atoms with E-state index in [2.05, 4.69) is 21.2 Å². The molecule has 0 bridgehead atoms. The number of rotatable bonds is 5. The number of hydrogen-bond donors (Lipinski definition) is 1. The van der Waals surface area contributed by atoms with Gasteiger partial charge in [0.1, 0.15) is 10.8 Å². The first kappa shape index (κ1) is 17.5. The summed E-state index contributed by atoms with van der Waals surface area (Å²) in [5.74, 6) is -0.160. The first-order valence-corrected chi connectivity index (χ1v) is 7.74. The molecule has 0 radical (unpaired) electrons. The number of non-ortho nitro benzene ring substituents is 1. The molecular formula is C14H9BrCl2N2O4. The summed E-state index contributed by atoms with van der Waals surface area (Å²) in [7, 11) is 0. The molecule has 0 atom stereocenters. The number of nitro benzene ring substituents is 1. The largest absolute Gasteiger partial charge is 0.482 e. The number of benzene rings is 2. The maximum absolute atomic E-state index is 11.9. The Balaban J connectivity index is 2.00. The second-order valence-corrected chi connectivity index (χ2v) is 5.95. The second-order valence-electron chi connectivity index (χ2n) is 4.31. The van der Waals surface area contributed by atoms with Crippen LogP contribution in [0.5, 0.6) is 5.75 Å². The van der Waals surface area contributed by atoms with Crippen LogP contribution in [0.3, 0.4) is 0 Å². The predicted molar refractivity (Wildman–Crippen MR) is 91.4 cm³/mol. The number of hydrogen-bond acceptors (Lipinski definition) is 4. The molecule has 1 amide bonds. The summed E-state index contributed by atoms with van der Waals surface area (Å²) in [6.45, 7) is -0.288. The minimum absolute atomic E-state index is 0.0863. The van der Waals surface area contributed by atoms with Crippen molar-refractivity contribution in [1.29, 1.82) is 0 Å². The number of nitro groups is 1. The van der Waals surface area contributed by atoms with Crippen LogP contribution in [0.4, 0.5) is 11.4 Å². The van der Waals surface area contributed by atoms with Crippen molar-refractivity contribution in [3.05, 3.63) is 61.0 Å². The molecule has 120 valence electrons. The van der Waals surface area contributed by atoms with Gasteiger partial charge in [-0.05, 0) is 34.1 Å². The summed E-state index contributed by atoms with van der Waals surface area (Å²) in [5.41, 5.74) is 0.304. The van der Waals surface area contributed by atoms with Gasteiger partial charge in [-0.2, -0.15) is 0 Å².